The van der Waals surface area contributed by atoms with Crippen LogP contribution in [-0.4, -0.2) is 57.6 Å². The molecule has 4 rings (SSSR count). The van der Waals surface area contributed by atoms with Gasteiger partial charge >= 0.3 is 0 Å². The van der Waals surface area contributed by atoms with Gasteiger partial charge in [-0.25, -0.2) is 0 Å². The van der Waals surface area contributed by atoms with Crippen LogP contribution in [0.25, 0.3) is 11.5 Å². The van der Waals surface area contributed by atoms with Gasteiger partial charge in [0.2, 0.25) is 0 Å². The van der Waals surface area contributed by atoms with Gasteiger partial charge in [-0.1, -0.05) is 0 Å². The Hall–Kier alpha value is -3.29. The monoisotopic (exact) mass is 354 g/mol. The zero-order valence-corrected chi connectivity index (χ0v) is 14.3. The number of amides is 2. The highest BCUT2D eigenvalue weighted by Crippen LogP contribution is 2.21. The zero-order valence-electron chi connectivity index (χ0n) is 14.3. The predicted molar refractivity (Wildman–Crippen MR) is 91.4 cm³/mol. The SMILES string of the molecule is Cn1nc(C(=O)N2CCN(C(=O)c3ccco3)CC2)cc1-c1ccco1. The fourth-order valence-electron chi connectivity index (χ4n) is 3.06. The summed E-state index contributed by atoms with van der Waals surface area (Å²) in [6.45, 7) is 1.84. The molecule has 1 aliphatic heterocycles. The fraction of sp³-hybridized carbons (Fsp3) is 0.278. The lowest BCUT2D eigenvalue weighted by Crippen LogP contribution is -2.50. The van der Waals surface area contributed by atoms with Crippen LogP contribution in [0.15, 0.2) is 51.7 Å². The Labute approximate surface area is 149 Å². The number of furan rings is 2. The van der Waals surface area contributed by atoms with Crippen LogP contribution in [0.1, 0.15) is 21.0 Å². The summed E-state index contributed by atoms with van der Waals surface area (Å²) in [5.41, 5.74) is 1.11. The minimum atomic E-state index is -0.153. The van der Waals surface area contributed by atoms with E-state index in [-0.39, 0.29) is 11.8 Å². The molecular formula is C18H18N4O4. The van der Waals surface area contributed by atoms with E-state index in [1.165, 1.54) is 6.26 Å². The van der Waals surface area contributed by atoms with E-state index in [1.54, 1.807) is 52.1 Å². The van der Waals surface area contributed by atoms with Crippen molar-refractivity contribution >= 4 is 11.8 Å². The Kier molecular flexibility index (Phi) is 4.08. The molecule has 134 valence electrons. The second-order valence-corrected chi connectivity index (χ2v) is 6.08. The maximum Gasteiger partial charge on any atom is 0.289 e. The molecule has 8 heteroatoms. The first-order valence-corrected chi connectivity index (χ1v) is 8.33. The van der Waals surface area contributed by atoms with Crippen molar-refractivity contribution in [3.05, 3.63) is 54.3 Å². The summed E-state index contributed by atoms with van der Waals surface area (Å²) in [5, 5.41) is 4.31. The van der Waals surface area contributed by atoms with Crippen LogP contribution < -0.4 is 0 Å². The maximum absolute atomic E-state index is 12.7. The van der Waals surface area contributed by atoms with E-state index >= 15 is 0 Å². The van der Waals surface area contributed by atoms with Crippen LogP contribution in [-0.2, 0) is 7.05 Å². The second kappa shape index (κ2) is 6.55. The van der Waals surface area contributed by atoms with Crippen molar-refractivity contribution in [3.63, 3.8) is 0 Å². The zero-order chi connectivity index (χ0) is 18.1. The molecule has 3 aromatic heterocycles. The van der Waals surface area contributed by atoms with E-state index in [2.05, 4.69) is 5.10 Å². The molecule has 2 amide bonds. The molecule has 0 radical (unpaired) electrons. The number of aromatic nitrogens is 2. The molecule has 0 spiro atoms. The van der Waals surface area contributed by atoms with Gasteiger partial charge in [-0.2, -0.15) is 5.10 Å². The molecule has 0 aliphatic carbocycles. The van der Waals surface area contributed by atoms with Crippen molar-refractivity contribution < 1.29 is 18.4 Å². The Morgan fingerprint density at radius 3 is 2.23 bits per heavy atom. The lowest BCUT2D eigenvalue weighted by Gasteiger charge is -2.33. The topological polar surface area (TPSA) is 84.7 Å². The number of carbonyl (C=O) groups excluding carboxylic acids is 2. The summed E-state index contributed by atoms with van der Waals surface area (Å²) in [5.74, 6) is 0.675. The van der Waals surface area contributed by atoms with Crippen molar-refractivity contribution in [2.24, 2.45) is 7.05 Å². The number of hydrogen-bond acceptors (Lipinski definition) is 5. The first kappa shape index (κ1) is 16.2. The molecule has 0 atom stereocenters. The van der Waals surface area contributed by atoms with E-state index in [0.29, 0.717) is 43.4 Å². The second-order valence-electron chi connectivity index (χ2n) is 6.08. The number of piperazine rings is 1. The van der Waals surface area contributed by atoms with Gasteiger partial charge in [0.1, 0.15) is 5.69 Å². The smallest absolute Gasteiger partial charge is 0.289 e. The molecule has 26 heavy (non-hydrogen) atoms. The molecule has 1 fully saturated rings. The van der Waals surface area contributed by atoms with Crippen LogP contribution in [0.2, 0.25) is 0 Å². The quantitative estimate of drug-likeness (QED) is 0.717. The molecule has 3 aromatic rings. The standard InChI is InChI=1S/C18H18N4O4/c1-20-14(15-4-2-10-25-15)12-13(19-20)17(23)21-6-8-22(9-7-21)18(24)16-5-3-11-26-16/h2-5,10-12H,6-9H2,1H3. The molecule has 0 unspecified atom stereocenters. The Bertz CT molecular complexity index is 903. The normalized spacial score (nSPS) is 14.7. The van der Waals surface area contributed by atoms with Crippen LogP contribution in [0.4, 0.5) is 0 Å². The first-order valence-electron chi connectivity index (χ1n) is 8.33. The Balaban J connectivity index is 1.43. The minimum Gasteiger partial charge on any atom is -0.463 e. The minimum absolute atomic E-state index is 0.150. The molecular weight excluding hydrogens is 336 g/mol. The molecule has 0 saturated carbocycles. The third-order valence-electron chi connectivity index (χ3n) is 4.46. The molecule has 0 N–H and O–H groups in total. The van der Waals surface area contributed by atoms with E-state index in [1.807, 2.05) is 6.07 Å². The summed E-state index contributed by atoms with van der Waals surface area (Å²) in [6.07, 6.45) is 3.06. The largest absolute Gasteiger partial charge is 0.463 e. The highest BCUT2D eigenvalue weighted by atomic mass is 16.3. The van der Waals surface area contributed by atoms with E-state index < -0.39 is 0 Å². The molecule has 0 bridgehead atoms. The van der Waals surface area contributed by atoms with E-state index in [4.69, 9.17) is 8.83 Å². The third-order valence-corrected chi connectivity index (χ3v) is 4.46. The summed E-state index contributed by atoms with van der Waals surface area (Å²) < 4.78 is 12.2. The van der Waals surface area contributed by atoms with Gasteiger partial charge in [0.05, 0.1) is 12.5 Å². The van der Waals surface area contributed by atoms with E-state index in [9.17, 15) is 9.59 Å². The summed E-state index contributed by atoms with van der Waals surface area (Å²) in [7, 11) is 1.77. The Morgan fingerprint density at radius 1 is 0.962 bits per heavy atom. The molecule has 1 aliphatic rings. The van der Waals surface area contributed by atoms with Gasteiger partial charge < -0.3 is 18.6 Å². The van der Waals surface area contributed by atoms with Gasteiger partial charge in [0, 0.05) is 39.3 Å². The van der Waals surface area contributed by atoms with Crippen LogP contribution >= 0.6 is 0 Å². The molecule has 0 aromatic carbocycles. The van der Waals surface area contributed by atoms with Crippen LogP contribution in [0.5, 0.6) is 0 Å². The lowest BCUT2D eigenvalue weighted by atomic mass is 10.2. The van der Waals surface area contributed by atoms with Gasteiger partial charge in [-0.15, -0.1) is 0 Å². The van der Waals surface area contributed by atoms with Gasteiger partial charge in [-0.3, -0.25) is 14.3 Å². The fourth-order valence-corrected chi connectivity index (χ4v) is 3.06. The van der Waals surface area contributed by atoms with Crippen molar-refractivity contribution in [2.75, 3.05) is 26.2 Å². The highest BCUT2D eigenvalue weighted by Gasteiger charge is 2.28. The third kappa shape index (κ3) is 2.90. The van der Waals surface area contributed by atoms with Crippen molar-refractivity contribution in [2.45, 2.75) is 0 Å². The number of rotatable bonds is 3. The summed E-state index contributed by atoms with van der Waals surface area (Å²) in [6, 6.07) is 8.67. The van der Waals surface area contributed by atoms with Crippen LogP contribution in [0.3, 0.4) is 0 Å². The van der Waals surface area contributed by atoms with Crippen molar-refractivity contribution in [1.29, 1.82) is 0 Å². The van der Waals surface area contributed by atoms with Gasteiger partial charge in [0.15, 0.2) is 17.2 Å². The van der Waals surface area contributed by atoms with Crippen molar-refractivity contribution in [1.82, 2.24) is 19.6 Å². The summed E-state index contributed by atoms with van der Waals surface area (Å²) in [4.78, 5) is 28.4. The van der Waals surface area contributed by atoms with Crippen LogP contribution in [0, 0.1) is 0 Å². The molecule has 8 nitrogen and oxygen atoms in total. The lowest BCUT2D eigenvalue weighted by molar-refractivity contribution is 0.0515. The summed E-state index contributed by atoms with van der Waals surface area (Å²) >= 11 is 0. The maximum atomic E-state index is 12.7. The van der Waals surface area contributed by atoms with E-state index in [0.717, 1.165) is 5.69 Å². The first-order chi connectivity index (χ1) is 12.6. The molecule has 4 heterocycles. The number of carbonyl (C=O) groups is 2. The number of hydrogen-bond donors (Lipinski definition) is 0. The number of nitrogens with zero attached hydrogens (tertiary/aromatic N) is 4. The number of aryl methyl sites for hydroxylation is 1. The predicted octanol–water partition coefficient (Wildman–Crippen LogP) is 1.87. The average Bonchev–Trinajstić information content (AvgIpc) is 3.41. The van der Waals surface area contributed by atoms with Gasteiger partial charge in [0.25, 0.3) is 11.8 Å². The van der Waals surface area contributed by atoms with Crippen molar-refractivity contribution in [3.8, 4) is 11.5 Å². The van der Waals surface area contributed by atoms with Gasteiger partial charge in [-0.05, 0) is 24.3 Å². The highest BCUT2D eigenvalue weighted by molar-refractivity contribution is 5.94. The Morgan fingerprint density at radius 2 is 1.62 bits per heavy atom. The average molecular weight is 354 g/mol. The molecule has 1 saturated heterocycles.